The molecule has 4 nitrogen and oxygen atoms in total. The predicted octanol–water partition coefficient (Wildman–Crippen LogP) is 2.37. The fourth-order valence-corrected chi connectivity index (χ4v) is 2.25. The van der Waals surface area contributed by atoms with Gasteiger partial charge in [0.2, 0.25) is 0 Å². The van der Waals surface area contributed by atoms with Crippen molar-refractivity contribution in [2.45, 2.75) is 52.4 Å². The Morgan fingerprint density at radius 3 is 2.44 bits per heavy atom. The molecular weight excluding hydrogens is 230 g/mol. The first-order chi connectivity index (χ1) is 8.69. The van der Waals surface area contributed by atoms with Crippen LogP contribution in [0.1, 0.15) is 52.4 Å². The van der Waals surface area contributed by atoms with Crippen molar-refractivity contribution in [1.29, 1.82) is 0 Å². The van der Waals surface area contributed by atoms with Gasteiger partial charge in [0.25, 0.3) is 5.91 Å². The average molecular weight is 255 g/mol. The van der Waals surface area contributed by atoms with E-state index in [0.29, 0.717) is 0 Å². The molecule has 0 saturated carbocycles. The number of carbonyl (C=O) groups is 2. The van der Waals surface area contributed by atoms with Crippen LogP contribution in [0.15, 0.2) is 0 Å². The van der Waals surface area contributed by atoms with Gasteiger partial charge in [-0.3, -0.25) is 9.59 Å². The van der Waals surface area contributed by atoms with Gasteiger partial charge in [-0.15, -0.1) is 0 Å². The third-order valence-corrected chi connectivity index (χ3v) is 3.53. The Bertz CT molecular complexity index is 272. The van der Waals surface area contributed by atoms with Gasteiger partial charge in [-0.05, 0) is 25.7 Å². The molecule has 0 spiro atoms. The minimum Gasteiger partial charge on any atom is -0.455 e. The number of amides is 1. The maximum absolute atomic E-state index is 11.8. The van der Waals surface area contributed by atoms with E-state index < -0.39 is 0 Å². The topological polar surface area (TPSA) is 46.6 Å². The van der Waals surface area contributed by atoms with E-state index in [4.69, 9.17) is 4.74 Å². The summed E-state index contributed by atoms with van der Waals surface area (Å²) in [6.45, 7) is 5.63. The standard InChI is InChI=1S/C14H25NO3/c1-3-5-8-12(4-2)14(17)18-11-13(16)15-9-6-7-10-15/h12H,3-11H2,1-2H3. The summed E-state index contributed by atoms with van der Waals surface area (Å²) in [4.78, 5) is 25.3. The van der Waals surface area contributed by atoms with E-state index in [9.17, 15) is 9.59 Å². The summed E-state index contributed by atoms with van der Waals surface area (Å²) in [6.07, 6.45) is 5.90. The predicted molar refractivity (Wildman–Crippen MR) is 70.1 cm³/mol. The normalized spacial score (nSPS) is 16.7. The molecule has 18 heavy (non-hydrogen) atoms. The molecule has 1 saturated heterocycles. The molecule has 0 bridgehead atoms. The molecule has 0 aliphatic carbocycles. The van der Waals surface area contributed by atoms with Crippen molar-refractivity contribution >= 4 is 11.9 Å². The molecule has 1 unspecified atom stereocenters. The van der Waals surface area contributed by atoms with E-state index in [0.717, 1.165) is 51.6 Å². The molecule has 0 aromatic heterocycles. The largest absolute Gasteiger partial charge is 0.455 e. The molecule has 104 valence electrons. The van der Waals surface area contributed by atoms with Crippen LogP contribution < -0.4 is 0 Å². The number of esters is 1. The van der Waals surface area contributed by atoms with Gasteiger partial charge >= 0.3 is 5.97 Å². The van der Waals surface area contributed by atoms with Crippen LogP contribution in [0.4, 0.5) is 0 Å². The summed E-state index contributed by atoms with van der Waals surface area (Å²) in [7, 11) is 0. The van der Waals surface area contributed by atoms with Crippen molar-refractivity contribution < 1.29 is 14.3 Å². The molecule has 4 heteroatoms. The Balaban J connectivity index is 2.27. The first-order valence-electron chi connectivity index (χ1n) is 7.13. The molecule has 1 fully saturated rings. The molecular formula is C14H25NO3. The Labute approximate surface area is 110 Å². The fourth-order valence-electron chi connectivity index (χ4n) is 2.25. The van der Waals surface area contributed by atoms with Crippen LogP contribution in [0.5, 0.6) is 0 Å². The summed E-state index contributed by atoms with van der Waals surface area (Å²) in [6, 6.07) is 0. The van der Waals surface area contributed by atoms with Gasteiger partial charge in [0.1, 0.15) is 0 Å². The van der Waals surface area contributed by atoms with Crippen LogP contribution in [-0.2, 0) is 14.3 Å². The van der Waals surface area contributed by atoms with Crippen LogP contribution in [0.2, 0.25) is 0 Å². The van der Waals surface area contributed by atoms with Crippen molar-refractivity contribution in [2.24, 2.45) is 5.92 Å². The van der Waals surface area contributed by atoms with E-state index in [1.807, 2.05) is 6.92 Å². The average Bonchev–Trinajstić information content (AvgIpc) is 2.90. The van der Waals surface area contributed by atoms with Crippen molar-refractivity contribution in [1.82, 2.24) is 4.90 Å². The highest BCUT2D eigenvalue weighted by Gasteiger charge is 2.22. The summed E-state index contributed by atoms with van der Waals surface area (Å²) in [5, 5.41) is 0. The molecule has 1 heterocycles. The third-order valence-electron chi connectivity index (χ3n) is 3.53. The lowest BCUT2D eigenvalue weighted by molar-refractivity contribution is -0.155. The molecule has 1 aliphatic rings. The van der Waals surface area contributed by atoms with Gasteiger partial charge in [-0.25, -0.2) is 0 Å². The Hall–Kier alpha value is -1.06. The monoisotopic (exact) mass is 255 g/mol. The second kappa shape index (κ2) is 8.11. The highest BCUT2D eigenvalue weighted by molar-refractivity contribution is 5.81. The van der Waals surface area contributed by atoms with E-state index >= 15 is 0 Å². The van der Waals surface area contributed by atoms with Crippen LogP contribution in [0.25, 0.3) is 0 Å². The second-order valence-electron chi connectivity index (χ2n) is 4.94. The van der Waals surface area contributed by atoms with Crippen molar-refractivity contribution in [3.8, 4) is 0 Å². The maximum atomic E-state index is 11.8. The Morgan fingerprint density at radius 2 is 1.89 bits per heavy atom. The maximum Gasteiger partial charge on any atom is 0.309 e. The number of hydrogen-bond donors (Lipinski definition) is 0. The zero-order valence-electron chi connectivity index (χ0n) is 11.6. The minimum absolute atomic E-state index is 0.0451. The molecule has 1 amide bonds. The van der Waals surface area contributed by atoms with Crippen molar-refractivity contribution in [2.75, 3.05) is 19.7 Å². The molecule has 0 N–H and O–H groups in total. The lowest BCUT2D eigenvalue weighted by atomic mass is 10.00. The van der Waals surface area contributed by atoms with Crippen molar-refractivity contribution in [3.63, 3.8) is 0 Å². The van der Waals surface area contributed by atoms with E-state index in [2.05, 4.69) is 6.92 Å². The van der Waals surface area contributed by atoms with Gasteiger partial charge in [0, 0.05) is 13.1 Å². The van der Waals surface area contributed by atoms with Gasteiger partial charge in [0.15, 0.2) is 6.61 Å². The highest BCUT2D eigenvalue weighted by Crippen LogP contribution is 2.14. The highest BCUT2D eigenvalue weighted by atomic mass is 16.5. The molecule has 0 aromatic rings. The minimum atomic E-state index is -0.210. The lowest BCUT2D eigenvalue weighted by Gasteiger charge is -2.17. The van der Waals surface area contributed by atoms with Gasteiger partial charge in [-0.2, -0.15) is 0 Å². The zero-order valence-corrected chi connectivity index (χ0v) is 11.6. The number of unbranched alkanes of at least 4 members (excludes halogenated alkanes) is 1. The molecule has 0 aromatic carbocycles. The quantitative estimate of drug-likeness (QED) is 0.656. The Kier molecular flexibility index (Phi) is 6.76. The molecule has 0 radical (unpaired) electrons. The summed E-state index contributed by atoms with van der Waals surface area (Å²) < 4.78 is 5.14. The van der Waals surface area contributed by atoms with Gasteiger partial charge in [-0.1, -0.05) is 26.7 Å². The first-order valence-corrected chi connectivity index (χ1v) is 7.13. The first kappa shape index (κ1) is 15.0. The second-order valence-corrected chi connectivity index (χ2v) is 4.94. The smallest absolute Gasteiger partial charge is 0.309 e. The van der Waals surface area contributed by atoms with Crippen LogP contribution >= 0.6 is 0 Å². The van der Waals surface area contributed by atoms with E-state index in [1.165, 1.54) is 0 Å². The summed E-state index contributed by atoms with van der Waals surface area (Å²) >= 11 is 0. The fraction of sp³-hybridized carbons (Fsp3) is 0.857. The number of nitrogens with zero attached hydrogens (tertiary/aromatic N) is 1. The van der Waals surface area contributed by atoms with Crippen LogP contribution in [0.3, 0.4) is 0 Å². The zero-order chi connectivity index (χ0) is 13.4. The van der Waals surface area contributed by atoms with Crippen molar-refractivity contribution in [3.05, 3.63) is 0 Å². The molecule has 1 atom stereocenters. The van der Waals surface area contributed by atoms with E-state index in [-0.39, 0.29) is 24.4 Å². The molecule has 1 aliphatic heterocycles. The van der Waals surface area contributed by atoms with Crippen LogP contribution in [-0.4, -0.2) is 36.5 Å². The number of carbonyl (C=O) groups excluding carboxylic acids is 2. The van der Waals surface area contributed by atoms with Gasteiger partial charge < -0.3 is 9.64 Å². The lowest BCUT2D eigenvalue weighted by Crippen LogP contribution is -2.33. The molecule has 1 rings (SSSR count). The summed E-state index contributed by atoms with van der Waals surface area (Å²) in [5.74, 6) is -0.305. The van der Waals surface area contributed by atoms with Crippen LogP contribution in [0, 0.1) is 5.92 Å². The number of rotatable bonds is 7. The SMILES string of the molecule is CCCCC(CC)C(=O)OCC(=O)N1CCCC1. The Morgan fingerprint density at radius 1 is 1.22 bits per heavy atom. The van der Waals surface area contributed by atoms with Gasteiger partial charge in [0.05, 0.1) is 5.92 Å². The number of hydrogen-bond acceptors (Lipinski definition) is 3. The summed E-state index contributed by atoms with van der Waals surface area (Å²) in [5.41, 5.74) is 0. The number of ether oxygens (including phenoxy) is 1. The third kappa shape index (κ3) is 4.67. The number of likely N-dealkylation sites (tertiary alicyclic amines) is 1. The van der Waals surface area contributed by atoms with E-state index in [1.54, 1.807) is 4.90 Å².